The zero-order chi connectivity index (χ0) is 15.0. The molecule has 0 spiro atoms. The van der Waals surface area contributed by atoms with Crippen molar-refractivity contribution in [2.45, 2.75) is 64.4 Å². The van der Waals surface area contributed by atoms with E-state index in [4.69, 9.17) is 0 Å². The maximum atomic E-state index is 10.7. The zero-order valence-electron chi connectivity index (χ0n) is 13.2. The number of rotatable bonds is 3. The Labute approximate surface area is 136 Å². The standard InChI is InChI=1S/C17H27BrN2O/c1-11-17(18)15(20(2)19-11)10-16(21)14-8-7-12-5-3-4-6-13(12)9-14/h12-14,16,21H,3-10H2,1-2H3. The number of aromatic nitrogens is 2. The van der Waals surface area contributed by atoms with E-state index >= 15 is 0 Å². The molecule has 4 heteroatoms. The number of halogens is 1. The molecule has 0 bridgehead atoms. The molecule has 2 aliphatic carbocycles. The molecule has 0 radical (unpaired) electrons. The average molecular weight is 355 g/mol. The van der Waals surface area contributed by atoms with Crippen molar-refractivity contribution in [3.05, 3.63) is 15.9 Å². The topological polar surface area (TPSA) is 38.0 Å². The molecule has 3 rings (SSSR count). The largest absolute Gasteiger partial charge is 0.392 e. The van der Waals surface area contributed by atoms with Crippen molar-refractivity contribution in [1.82, 2.24) is 9.78 Å². The smallest absolute Gasteiger partial charge is 0.0738 e. The zero-order valence-corrected chi connectivity index (χ0v) is 14.8. The molecule has 0 aliphatic heterocycles. The van der Waals surface area contributed by atoms with E-state index in [9.17, 15) is 5.11 Å². The van der Waals surface area contributed by atoms with Gasteiger partial charge < -0.3 is 5.11 Å². The fraction of sp³-hybridized carbons (Fsp3) is 0.824. The second-order valence-electron chi connectivity index (χ2n) is 7.12. The number of aliphatic hydroxyl groups is 1. The maximum Gasteiger partial charge on any atom is 0.0738 e. The van der Waals surface area contributed by atoms with Crippen molar-refractivity contribution in [3.8, 4) is 0 Å². The van der Waals surface area contributed by atoms with Gasteiger partial charge in [-0.05, 0) is 59.9 Å². The molecule has 3 nitrogen and oxygen atoms in total. The molecule has 2 fully saturated rings. The predicted octanol–water partition coefficient (Wildman–Crippen LogP) is 4.00. The van der Waals surface area contributed by atoms with Crippen LogP contribution in [-0.2, 0) is 13.5 Å². The summed E-state index contributed by atoms with van der Waals surface area (Å²) in [5.41, 5.74) is 2.14. The molecule has 2 aliphatic rings. The lowest BCUT2D eigenvalue weighted by molar-refractivity contribution is 0.0350. The summed E-state index contributed by atoms with van der Waals surface area (Å²) < 4.78 is 2.98. The van der Waals surface area contributed by atoms with Crippen LogP contribution in [0.3, 0.4) is 0 Å². The first-order valence-electron chi connectivity index (χ1n) is 8.42. The molecule has 2 saturated carbocycles. The SMILES string of the molecule is Cc1nn(C)c(CC(O)C2CCC3CCCCC3C2)c1Br. The quantitative estimate of drug-likeness (QED) is 0.890. The molecule has 1 heterocycles. The molecule has 1 aromatic rings. The molecule has 21 heavy (non-hydrogen) atoms. The third-order valence-corrected chi connectivity index (χ3v) is 6.82. The number of aryl methyl sites for hydroxylation is 2. The first-order valence-corrected chi connectivity index (χ1v) is 9.21. The van der Waals surface area contributed by atoms with Gasteiger partial charge in [-0.3, -0.25) is 4.68 Å². The second kappa shape index (κ2) is 6.41. The van der Waals surface area contributed by atoms with Crippen molar-refractivity contribution >= 4 is 15.9 Å². The monoisotopic (exact) mass is 354 g/mol. The van der Waals surface area contributed by atoms with Gasteiger partial charge in [0.25, 0.3) is 0 Å². The molecule has 0 saturated heterocycles. The van der Waals surface area contributed by atoms with E-state index in [2.05, 4.69) is 21.0 Å². The van der Waals surface area contributed by atoms with E-state index in [0.717, 1.165) is 34.1 Å². The Morgan fingerprint density at radius 3 is 2.62 bits per heavy atom. The molecular weight excluding hydrogens is 328 g/mol. The highest BCUT2D eigenvalue weighted by Crippen LogP contribution is 2.44. The Balaban J connectivity index is 1.64. The van der Waals surface area contributed by atoms with Crippen molar-refractivity contribution in [2.75, 3.05) is 0 Å². The Hall–Kier alpha value is -0.350. The maximum absolute atomic E-state index is 10.7. The van der Waals surface area contributed by atoms with E-state index in [1.165, 1.54) is 44.9 Å². The molecule has 1 N–H and O–H groups in total. The van der Waals surface area contributed by atoms with Crippen LogP contribution >= 0.6 is 15.9 Å². The normalized spacial score (nSPS) is 31.0. The van der Waals surface area contributed by atoms with Crippen LogP contribution < -0.4 is 0 Å². The summed E-state index contributed by atoms with van der Waals surface area (Å²) in [5.74, 6) is 2.31. The van der Waals surface area contributed by atoms with Crippen LogP contribution in [0.5, 0.6) is 0 Å². The Bertz CT molecular complexity index is 499. The van der Waals surface area contributed by atoms with E-state index in [1.807, 2.05) is 18.7 Å². The van der Waals surface area contributed by atoms with Crippen LogP contribution in [0.15, 0.2) is 4.47 Å². The van der Waals surface area contributed by atoms with Gasteiger partial charge in [0.15, 0.2) is 0 Å². The summed E-state index contributed by atoms with van der Waals surface area (Å²) in [6.45, 7) is 2.01. The Morgan fingerprint density at radius 1 is 1.24 bits per heavy atom. The highest BCUT2D eigenvalue weighted by molar-refractivity contribution is 9.10. The minimum atomic E-state index is -0.223. The molecule has 1 aromatic heterocycles. The van der Waals surface area contributed by atoms with Crippen LogP contribution in [0, 0.1) is 24.7 Å². The molecule has 118 valence electrons. The van der Waals surface area contributed by atoms with Gasteiger partial charge in [-0.1, -0.05) is 25.7 Å². The fourth-order valence-electron chi connectivity index (χ4n) is 4.53. The molecule has 0 amide bonds. The van der Waals surface area contributed by atoms with E-state index in [1.54, 1.807) is 0 Å². The number of nitrogens with zero attached hydrogens (tertiary/aromatic N) is 2. The van der Waals surface area contributed by atoms with E-state index in [0.29, 0.717) is 5.92 Å². The number of fused-ring (bicyclic) bond motifs is 1. The van der Waals surface area contributed by atoms with Gasteiger partial charge >= 0.3 is 0 Å². The van der Waals surface area contributed by atoms with Gasteiger partial charge in [0.05, 0.1) is 22.0 Å². The van der Waals surface area contributed by atoms with Gasteiger partial charge in [0.2, 0.25) is 0 Å². The summed E-state index contributed by atoms with van der Waals surface area (Å²) >= 11 is 3.61. The van der Waals surface area contributed by atoms with Gasteiger partial charge in [-0.25, -0.2) is 0 Å². The van der Waals surface area contributed by atoms with Crippen LogP contribution in [0.25, 0.3) is 0 Å². The molecule has 4 atom stereocenters. The van der Waals surface area contributed by atoms with E-state index in [-0.39, 0.29) is 6.10 Å². The first kappa shape index (κ1) is 15.5. The number of aliphatic hydroxyl groups excluding tert-OH is 1. The van der Waals surface area contributed by atoms with Gasteiger partial charge in [-0.15, -0.1) is 0 Å². The van der Waals surface area contributed by atoms with Crippen LogP contribution in [-0.4, -0.2) is 21.0 Å². The van der Waals surface area contributed by atoms with Gasteiger partial charge in [-0.2, -0.15) is 5.10 Å². The second-order valence-corrected chi connectivity index (χ2v) is 7.91. The van der Waals surface area contributed by atoms with Crippen LogP contribution in [0.2, 0.25) is 0 Å². The van der Waals surface area contributed by atoms with Crippen LogP contribution in [0.4, 0.5) is 0 Å². The number of hydrogen-bond donors (Lipinski definition) is 1. The van der Waals surface area contributed by atoms with Crippen LogP contribution in [0.1, 0.15) is 56.3 Å². The summed E-state index contributed by atoms with van der Waals surface area (Å²) in [6, 6.07) is 0. The fourth-order valence-corrected chi connectivity index (χ4v) is 5.02. The minimum Gasteiger partial charge on any atom is -0.392 e. The summed E-state index contributed by atoms with van der Waals surface area (Å²) in [7, 11) is 1.97. The molecule has 4 unspecified atom stereocenters. The third-order valence-electron chi connectivity index (χ3n) is 5.79. The Morgan fingerprint density at radius 2 is 1.95 bits per heavy atom. The average Bonchev–Trinajstić information content (AvgIpc) is 2.73. The summed E-state index contributed by atoms with van der Waals surface area (Å²) in [6.07, 6.45) is 9.92. The molecule has 0 aromatic carbocycles. The highest BCUT2D eigenvalue weighted by atomic mass is 79.9. The number of hydrogen-bond acceptors (Lipinski definition) is 2. The highest BCUT2D eigenvalue weighted by Gasteiger charge is 2.35. The third kappa shape index (κ3) is 3.21. The van der Waals surface area contributed by atoms with Gasteiger partial charge in [0, 0.05) is 13.5 Å². The van der Waals surface area contributed by atoms with E-state index < -0.39 is 0 Å². The summed E-state index contributed by atoms with van der Waals surface area (Å²) in [4.78, 5) is 0. The lowest BCUT2D eigenvalue weighted by Crippen LogP contribution is -2.34. The van der Waals surface area contributed by atoms with Gasteiger partial charge in [0.1, 0.15) is 0 Å². The Kier molecular flexibility index (Phi) is 4.75. The van der Waals surface area contributed by atoms with Crippen molar-refractivity contribution in [1.29, 1.82) is 0 Å². The first-order chi connectivity index (χ1) is 10.1. The lowest BCUT2D eigenvalue weighted by Gasteiger charge is -2.40. The predicted molar refractivity (Wildman–Crippen MR) is 88.1 cm³/mol. The lowest BCUT2D eigenvalue weighted by atomic mass is 9.66. The van der Waals surface area contributed by atoms with Crippen molar-refractivity contribution < 1.29 is 5.11 Å². The molecular formula is C17H27BrN2O. The van der Waals surface area contributed by atoms with Crippen molar-refractivity contribution in [2.24, 2.45) is 24.8 Å². The minimum absolute atomic E-state index is 0.223. The summed E-state index contributed by atoms with van der Waals surface area (Å²) in [5, 5.41) is 15.1. The van der Waals surface area contributed by atoms with Crippen molar-refractivity contribution in [3.63, 3.8) is 0 Å².